The number of nitrogens with one attached hydrogen (secondary N) is 7. The summed E-state index contributed by atoms with van der Waals surface area (Å²) in [7, 11) is 1.99. The molecule has 7 N–H and O–H groups in total. The maximum atomic E-state index is 14.9. The summed E-state index contributed by atoms with van der Waals surface area (Å²) in [6.45, 7) is 10.5. The highest BCUT2D eigenvalue weighted by Crippen LogP contribution is 2.43. The highest BCUT2D eigenvalue weighted by Gasteiger charge is 2.53. The van der Waals surface area contributed by atoms with E-state index in [2.05, 4.69) is 52.1 Å². The predicted molar refractivity (Wildman–Crippen MR) is 291 cm³/mol. The van der Waals surface area contributed by atoms with Gasteiger partial charge in [0.15, 0.2) is 0 Å². The van der Waals surface area contributed by atoms with E-state index in [4.69, 9.17) is 0 Å². The van der Waals surface area contributed by atoms with Crippen molar-refractivity contribution in [1.29, 1.82) is 0 Å². The Balaban J connectivity index is 0.814. The number of anilines is 1. The molecule has 6 aliphatic rings. The molecule has 0 radical (unpaired) electrons. The number of rotatable bonds is 24. The molecule has 79 heavy (non-hydrogen) atoms. The van der Waals surface area contributed by atoms with Crippen molar-refractivity contribution in [2.75, 3.05) is 45.1 Å². The molecule has 8 rings (SSSR count). The van der Waals surface area contributed by atoms with Gasteiger partial charge in [0.2, 0.25) is 35.3 Å². The van der Waals surface area contributed by atoms with E-state index in [0.717, 1.165) is 75.6 Å². The summed E-state index contributed by atoms with van der Waals surface area (Å²) in [5.41, 5.74) is 1.32. The van der Waals surface area contributed by atoms with Gasteiger partial charge in [-0.2, -0.15) is 0 Å². The van der Waals surface area contributed by atoms with Crippen LogP contribution in [0.3, 0.4) is 0 Å². The zero-order valence-corrected chi connectivity index (χ0v) is 46.5. The quantitative estimate of drug-likeness (QED) is 0.0452. The summed E-state index contributed by atoms with van der Waals surface area (Å²) in [4.78, 5) is 148. The molecule has 0 spiro atoms. The number of hydrogen-bond acceptors (Lipinski definition) is 14. The highest BCUT2D eigenvalue weighted by molar-refractivity contribution is 6.38. The number of nitrogens with zero attached hydrogens (tertiary/aromatic N) is 5. The SMILES string of the molecule is CCC[C@H](NC(=O)[C@@H]1[C@H]2CCC[C@H]2CN1C(=O)[C@@H](NC(=O)[C@@H](NC(=O)c1cnc(C(=O)NCCCN(C)CCCNc2cccc3c2CN(C2CCC(=O)NC2=O)C3=O)cn1)C1CCCCC1)C(C)(C)C)C(=O)C(=O)NC1CC1. The Morgan fingerprint density at radius 3 is 2.20 bits per heavy atom. The number of ketones is 1. The van der Waals surface area contributed by atoms with Crippen molar-refractivity contribution >= 4 is 64.6 Å². The zero-order valence-electron chi connectivity index (χ0n) is 46.5. The summed E-state index contributed by atoms with van der Waals surface area (Å²) < 4.78 is 0. The van der Waals surface area contributed by atoms with Gasteiger partial charge >= 0.3 is 0 Å². The summed E-state index contributed by atoms with van der Waals surface area (Å²) in [6, 6.07) is 0.741. The maximum Gasteiger partial charge on any atom is 0.289 e. The van der Waals surface area contributed by atoms with Crippen LogP contribution in [-0.2, 0) is 40.1 Å². The van der Waals surface area contributed by atoms with Crippen LogP contribution in [0.1, 0.15) is 167 Å². The fourth-order valence-corrected chi connectivity index (χ4v) is 12.1. The molecular weight excluding hydrogens is 1010 g/mol. The minimum atomic E-state index is -1.09. The molecule has 22 nitrogen and oxygen atoms in total. The van der Waals surface area contributed by atoms with E-state index < -0.39 is 82.8 Å². The lowest BCUT2D eigenvalue weighted by molar-refractivity contribution is -0.146. The monoisotopic (exact) mass is 1090 g/mol. The number of imide groups is 1. The number of piperidine rings is 1. The molecule has 2 aromatic rings. The summed E-state index contributed by atoms with van der Waals surface area (Å²) in [6.07, 6.45) is 13.3. The van der Waals surface area contributed by atoms with Crippen LogP contribution in [0.4, 0.5) is 5.69 Å². The first kappa shape index (κ1) is 58.3. The number of Topliss-reactive ketones (excluding diaryl/α,β-unsaturated/α-hetero) is 1. The molecule has 1 unspecified atom stereocenters. The van der Waals surface area contributed by atoms with Gasteiger partial charge < -0.3 is 46.6 Å². The fourth-order valence-electron chi connectivity index (χ4n) is 12.1. The molecule has 3 aliphatic carbocycles. The minimum absolute atomic E-state index is 0.0167. The van der Waals surface area contributed by atoms with E-state index in [1.54, 1.807) is 11.0 Å². The van der Waals surface area contributed by atoms with Crippen LogP contribution in [0, 0.1) is 23.2 Å². The van der Waals surface area contributed by atoms with Crippen LogP contribution >= 0.6 is 0 Å². The third-order valence-corrected chi connectivity index (χ3v) is 16.6. The largest absolute Gasteiger partial charge is 0.385 e. The lowest BCUT2D eigenvalue weighted by Crippen LogP contribution is -2.62. The fraction of sp³-hybridized carbons (Fsp3) is 0.649. The van der Waals surface area contributed by atoms with Crippen molar-refractivity contribution in [1.82, 2.24) is 56.6 Å². The molecule has 22 heteroatoms. The number of amides is 9. The average molecular weight is 1090 g/mol. The smallest absolute Gasteiger partial charge is 0.289 e. The van der Waals surface area contributed by atoms with E-state index in [1.807, 2.05) is 46.9 Å². The van der Waals surface area contributed by atoms with Crippen molar-refractivity contribution in [3.05, 3.63) is 53.1 Å². The molecular formula is C57H80N12O10. The molecule has 9 amide bonds. The molecule has 0 bridgehead atoms. The number of likely N-dealkylation sites (tertiary alicyclic amines) is 1. The van der Waals surface area contributed by atoms with Crippen LogP contribution < -0.4 is 37.2 Å². The Labute approximate surface area is 462 Å². The van der Waals surface area contributed by atoms with Gasteiger partial charge in [-0.3, -0.25) is 53.3 Å². The van der Waals surface area contributed by atoms with Gasteiger partial charge in [-0.15, -0.1) is 0 Å². The van der Waals surface area contributed by atoms with Crippen LogP contribution in [0.2, 0.25) is 0 Å². The van der Waals surface area contributed by atoms with Crippen molar-refractivity contribution in [3.63, 3.8) is 0 Å². The molecule has 1 aromatic carbocycles. The zero-order chi connectivity index (χ0) is 56.5. The molecule has 5 fully saturated rings. The third-order valence-electron chi connectivity index (χ3n) is 16.6. The van der Waals surface area contributed by atoms with E-state index >= 15 is 0 Å². The molecule has 1 aromatic heterocycles. The van der Waals surface area contributed by atoms with Gasteiger partial charge in [0.25, 0.3) is 23.6 Å². The average Bonchev–Trinajstić information content (AvgIpc) is 3.92. The minimum Gasteiger partial charge on any atom is -0.385 e. The first-order chi connectivity index (χ1) is 37.8. The third kappa shape index (κ3) is 14.3. The van der Waals surface area contributed by atoms with Crippen LogP contribution in [0.25, 0.3) is 0 Å². The van der Waals surface area contributed by atoms with E-state index in [1.165, 1.54) is 17.3 Å². The Morgan fingerprint density at radius 1 is 0.823 bits per heavy atom. The maximum absolute atomic E-state index is 14.9. The summed E-state index contributed by atoms with van der Waals surface area (Å²) in [5.74, 6) is -5.29. The van der Waals surface area contributed by atoms with E-state index in [9.17, 15) is 47.9 Å². The second-order valence-corrected chi connectivity index (χ2v) is 23.6. The number of carbonyl (C=O) groups is 10. The second kappa shape index (κ2) is 26.0. The van der Waals surface area contributed by atoms with Crippen LogP contribution in [0.5, 0.6) is 0 Å². The van der Waals surface area contributed by atoms with Crippen molar-refractivity contribution in [2.45, 2.75) is 173 Å². The van der Waals surface area contributed by atoms with Crippen molar-refractivity contribution < 1.29 is 47.9 Å². The van der Waals surface area contributed by atoms with Gasteiger partial charge in [-0.05, 0) is 120 Å². The Hall–Kier alpha value is -6.84. The number of benzene rings is 1. The summed E-state index contributed by atoms with van der Waals surface area (Å²) in [5, 5.41) is 20.2. The Bertz CT molecular complexity index is 2630. The normalized spacial score (nSPS) is 22.3. The van der Waals surface area contributed by atoms with Crippen molar-refractivity contribution in [3.8, 4) is 0 Å². The molecule has 2 saturated heterocycles. The Morgan fingerprint density at radius 2 is 1.53 bits per heavy atom. The van der Waals surface area contributed by atoms with Crippen LogP contribution in [0.15, 0.2) is 30.6 Å². The van der Waals surface area contributed by atoms with Gasteiger partial charge in [0, 0.05) is 55.5 Å². The first-order valence-corrected chi connectivity index (χ1v) is 28.7. The number of fused-ring (bicyclic) bond motifs is 2. The lowest BCUT2D eigenvalue weighted by Gasteiger charge is -2.38. The number of carbonyl (C=O) groups excluding carboxylic acids is 10. The molecule has 3 aliphatic heterocycles. The molecule has 7 atom stereocenters. The number of aromatic nitrogens is 2. The lowest BCUT2D eigenvalue weighted by atomic mass is 9.82. The number of hydrogen-bond donors (Lipinski definition) is 7. The molecule has 4 heterocycles. The first-order valence-electron chi connectivity index (χ1n) is 28.7. The topological polar surface area (TPSA) is 290 Å². The van der Waals surface area contributed by atoms with Gasteiger partial charge in [-0.25, -0.2) is 9.97 Å². The Kier molecular flexibility index (Phi) is 19.2. The van der Waals surface area contributed by atoms with Crippen molar-refractivity contribution in [2.24, 2.45) is 23.2 Å². The van der Waals surface area contributed by atoms with E-state index in [-0.39, 0.29) is 66.4 Å². The predicted octanol–water partition coefficient (Wildman–Crippen LogP) is 2.76. The summed E-state index contributed by atoms with van der Waals surface area (Å²) >= 11 is 0. The highest BCUT2D eigenvalue weighted by atomic mass is 16.2. The second-order valence-electron chi connectivity index (χ2n) is 23.6. The van der Waals surface area contributed by atoms with Gasteiger partial charge in [0.05, 0.1) is 18.4 Å². The molecule has 428 valence electrons. The van der Waals surface area contributed by atoms with E-state index in [0.29, 0.717) is 63.8 Å². The standard InChI is InChI=1S/C57H80N12O10/c1-6-14-40(47(71)54(77)62-35-21-22-35)63-53(76)46-36-18-10-17-34(36)31-69(46)56(79)48(57(2,3)4)66-52(75)45(33-15-8-7-9-16-33)65-50(73)42-30-60-41(29-61-42)49(72)59-26-13-28-67(5)27-12-25-58-39-20-11-19-37-38(39)32-68(55(37)78)43-23-24-44(70)64-51(43)74/h11,19-20,29-30,33-36,40,43,45-46,48,58H,6-10,12-18,21-28,31-32H2,1-5H3,(H,59,72)(H,62,77)(H,63,76)(H,65,73)(H,66,75)(H,64,70,74)/t34-,36-,40-,43?,45-,46-,48+/m0/s1. The van der Waals surface area contributed by atoms with Gasteiger partial charge in [-0.1, -0.05) is 65.9 Å². The van der Waals surface area contributed by atoms with Gasteiger partial charge in [0.1, 0.15) is 35.6 Å². The van der Waals surface area contributed by atoms with Crippen LogP contribution in [-0.4, -0.2) is 160 Å². The molecule has 3 saturated carbocycles.